The molecule has 1 aromatic carbocycles. The van der Waals surface area contributed by atoms with Gasteiger partial charge in [-0.05, 0) is 18.1 Å². The van der Waals surface area contributed by atoms with Crippen LogP contribution in [0.2, 0.25) is 0 Å². The Kier molecular flexibility index (Phi) is 2.51. The largest absolute Gasteiger partial charge is 0.480 e. The van der Waals surface area contributed by atoms with E-state index in [1.165, 1.54) is 0 Å². The van der Waals surface area contributed by atoms with Crippen molar-refractivity contribution in [2.75, 3.05) is 0 Å². The first-order valence-electron chi connectivity index (χ1n) is 4.80. The van der Waals surface area contributed by atoms with Gasteiger partial charge >= 0.3 is 5.97 Å². The first-order valence-corrected chi connectivity index (χ1v) is 4.80. The van der Waals surface area contributed by atoms with Gasteiger partial charge in [0, 0.05) is 12.1 Å². The van der Waals surface area contributed by atoms with E-state index >= 15 is 0 Å². The van der Waals surface area contributed by atoms with E-state index in [9.17, 15) is 4.79 Å². The lowest BCUT2D eigenvalue weighted by atomic mass is 9.94. The molecule has 78 valence electrons. The van der Waals surface area contributed by atoms with Crippen LogP contribution in [-0.2, 0) is 4.79 Å². The molecule has 2 atom stereocenters. The van der Waals surface area contributed by atoms with Crippen molar-refractivity contribution in [1.29, 1.82) is 0 Å². The average molecular weight is 204 g/mol. The lowest BCUT2D eigenvalue weighted by molar-refractivity contribution is -0.138. The first kappa shape index (κ1) is 9.86. The number of carbonyl (C=O) groups is 1. The molecule has 1 aromatic rings. The summed E-state index contributed by atoms with van der Waals surface area (Å²) < 4.78 is 0. The molecule has 0 spiro atoms. The molecule has 0 radical (unpaired) electrons. The fourth-order valence-corrected chi connectivity index (χ4v) is 1.73. The molecule has 1 heterocycles. The zero-order valence-corrected chi connectivity index (χ0v) is 8.13. The zero-order chi connectivity index (χ0) is 10.8. The summed E-state index contributed by atoms with van der Waals surface area (Å²) in [7, 11) is 0. The molecule has 0 saturated heterocycles. The van der Waals surface area contributed by atoms with Crippen LogP contribution in [0.3, 0.4) is 0 Å². The molecule has 0 bridgehead atoms. The monoisotopic (exact) mass is 204 g/mol. The number of hydrogen-bond donors (Lipinski definition) is 2. The van der Waals surface area contributed by atoms with E-state index in [2.05, 4.69) is 4.99 Å². The van der Waals surface area contributed by atoms with Crippen LogP contribution in [0.5, 0.6) is 0 Å². The van der Waals surface area contributed by atoms with Crippen molar-refractivity contribution >= 4 is 17.9 Å². The molecule has 0 saturated carbocycles. The minimum absolute atomic E-state index is 0.0345. The number of aliphatic imine (C=N–C) groups is 1. The molecule has 4 heteroatoms. The predicted molar refractivity (Wildman–Crippen MR) is 57.6 cm³/mol. The van der Waals surface area contributed by atoms with Crippen molar-refractivity contribution in [3.8, 4) is 0 Å². The number of fused-ring (bicyclic) bond motifs is 1. The van der Waals surface area contributed by atoms with E-state index < -0.39 is 12.0 Å². The maximum atomic E-state index is 10.6. The molecule has 0 fully saturated rings. The fraction of sp³-hybridized carbons (Fsp3) is 0.273. The van der Waals surface area contributed by atoms with Gasteiger partial charge in [0.15, 0.2) is 0 Å². The second-order valence-electron chi connectivity index (χ2n) is 3.62. The van der Waals surface area contributed by atoms with Gasteiger partial charge < -0.3 is 10.8 Å². The minimum atomic E-state index is -0.965. The summed E-state index contributed by atoms with van der Waals surface area (Å²) >= 11 is 0. The van der Waals surface area contributed by atoms with Gasteiger partial charge in [-0.25, -0.2) is 0 Å². The summed E-state index contributed by atoms with van der Waals surface area (Å²) in [5.41, 5.74) is 7.47. The van der Waals surface area contributed by atoms with Crippen LogP contribution in [-0.4, -0.2) is 23.3 Å². The van der Waals surface area contributed by atoms with Crippen LogP contribution in [0.1, 0.15) is 17.9 Å². The highest BCUT2D eigenvalue weighted by molar-refractivity contribution is 5.82. The maximum Gasteiger partial charge on any atom is 0.320 e. The topological polar surface area (TPSA) is 75.7 Å². The molecule has 0 aliphatic carbocycles. The molecule has 3 N–H and O–H groups in total. The van der Waals surface area contributed by atoms with E-state index in [0.29, 0.717) is 6.42 Å². The Morgan fingerprint density at radius 1 is 1.53 bits per heavy atom. The molecule has 1 aliphatic rings. The van der Waals surface area contributed by atoms with E-state index in [0.717, 1.165) is 11.3 Å². The van der Waals surface area contributed by atoms with E-state index in [-0.39, 0.29) is 5.92 Å². The van der Waals surface area contributed by atoms with Crippen molar-refractivity contribution in [2.45, 2.75) is 18.4 Å². The molecule has 1 aliphatic heterocycles. The summed E-state index contributed by atoms with van der Waals surface area (Å²) in [4.78, 5) is 14.8. The normalized spacial score (nSPS) is 19.9. The van der Waals surface area contributed by atoms with Crippen LogP contribution in [0.4, 0.5) is 5.69 Å². The smallest absolute Gasteiger partial charge is 0.320 e. The number of nitrogens with zero attached hydrogens (tertiary/aromatic N) is 1. The van der Waals surface area contributed by atoms with Gasteiger partial charge in [-0.3, -0.25) is 9.79 Å². The molecule has 15 heavy (non-hydrogen) atoms. The number of hydrogen-bond acceptors (Lipinski definition) is 3. The highest BCUT2D eigenvalue weighted by atomic mass is 16.4. The Bertz CT molecular complexity index is 415. The van der Waals surface area contributed by atoms with Crippen LogP contribution in [0.25, 0.3) is 0 Å². The molecular formula is C11H12N2O2. The third-order valence-corrected chi connectivity index (χ3v) is 2.55. The number of aliphatic carboxylic acids is 1. The predicted octanol–water partition coefficient (Wildman–Crippen LogP) is 1.29. The first-order chi connectivity index (χ1) is 7.18. The van der Waals surface area contributed by atoms with Gasteiger partial charge in [-0.2, -0.15) is 0 Å². The van der Waals surface area contributed by atoms with Gasteiger partial charge in [0.1, 0.15) is 6.04 Å². The number of carboxylic acids is 1. The third kappa shape index (κ3) is 1.89. The molecule has 0 amide bonds. The summed E-state index contributed by atoms with van der Waals surface area (Å²) in [6.07, 6.45) is 2.17. The number of nitrogens with two attached hydrogens (primary N) is 1. The maximum absolute atomic E-state index is 10.6. The minimum Gasteiger partial charge on any atom is -0.480 e. The van der Waals surface area contributed by atoms with Crippen LogP contribution in [0, 0.1) is 0 Å². The standard InChI is InChI=1S/C11H12N2O2/c12-9(11(14)15)5-7-6-13-10-4-2-1-3-8(7)10/h1-4,6-7,9H,5,12H2,(H,14,15). The van der Waals surface area contributed by atoms with E-state index in [4.69, 9.17) is 10.8 Å². The molecular weight excluding hydrogens is 192 g/mol. The lowest BCUT2D eigenvalue weighted by Gasteiger charge is -2.11. The van der Waals surface area contributed by atoms with Crippen LogP contribution in [0.15, 0.2) is 29.3 Å². The van der Waals surface area contributed by atoms with Crippen molar-refractivity contribution in [3.63, 3.8) is 0 Å². The summed E-state index contributed by atoms with van der Waals surface area (Å²) in [6, 6.07) is 6.88. The highest BCUT2D eigenvalue weighted by Gasteiger charge is 2.23. The number of benzene rings is 1. The van der Waals surface area contributed by atoms with Crippen LogP contribution >= 0.6 is 0 Å². The molecule has 0 aromatic heterocycles. The molecule has 2 unspecified atom stereocenters. The van der Waals surface area contributed by atoms with Gasteiger partial charge in [0.2, 0.25) is 0 Å². The van der Waals surface area contributed by atoms with Crippen molar-refractivity contribution in [1.82, 2.24) is 0 Å². The van der Waals surface area contributed by atoms with Gasteiger partial charge in [0.05, 0.1) is 5.69 Å². The van der Waals surface area contributed by atoms with E-state index in [1.807, 2.05) is 24.3 Å². The summed E-state index contributed by atoms with van der Waals surface area (Å²) in [6.45, 7) is 0. The Labute approximate surface area is 87.4 Å². The Morgan fingerprint density at radius 2 is 2.27 bits per heavy atom. The number of para-hydroxylation sites is 1. The zero-order valence-electron chi connectivity index (χ0n) is 8.13. The van der Waals surface area contributed by atoms with Gasteiger partial charge in [0.25, 0.3) is 0 Å². The SMILES string of the molecule is NC(CC1C=Nc2ccccc21)C(=O)O. The Balaban J connectivity index is 2.15. The number of rotatable bonds is 3. The molecule has 4 nitrogen and oxygen atoms in total. The molecule has 2 rings (SSSR count). The summed E-state index contributed by atoms with van der Waals surface area (Å²) in [5.74, 6) is -0.930. The second-order valence-corrected chi connectivity index (χ2v) is 3.62. The number of carboxylic acid groups (broad SMARTS) is 1. The van der Waals surface area contributed by atoms with E-state index in [1.54, 1.807) is 6.21 Å². The fourth-order valence-electron chi connectivity index (χ4n) is 1.73. The van der Waals surface area contributed by atoms with Gasteiger partial charge in [-0.15, -0.1) is 0 Å². The third-order valence-electron chi connectivity index (χ3n) is 2.55. The second kappa shape index (κ2) is 3.82. The Hall–Kier alpha value is -1.68. The average Bonchev–Trinajstić information content (AvgIpc) is 2.62. The lowest BCUT2D eigenvalue weighted by Crippen LogP contribution is -2.31. The Morgan fingerprint density at radius 3 is 3.00 bits per heavy atom. The highest BCUT2D eigenvalue weighted by Crippen LogP contribution is 2.33. The van der Waals surface area contributed by atoms with Crippen molar-refractivity contribution in [3.05, 3.63) is 29.8 Å². The quantitative estimate of drug-likeness (QED) is 0.778. The van der Waals surface area contributed by atoms with Crippen LogP contribution < -0.4 is 5.73 Å². The van der Waals surface area contributed by atoms with Gasteiger partial charge in [-0.1, -0.05) is 18.2 Å². The summed E-state index contributed by atoms with van der Waals surface area (Å²) in [5, 5.41) is 8.72. The van der Waals surface area contributed by atoms with Crippen molar-refractivity contribution < 1.29 is 9.90 Å². The van der Waals surface area contributed by atoms with Crippen molar-refractivity contribution in [2.24, 2.45) is 10.7 Å².